The van der Waals surface area contributed by atoms with E-state index in [9.17, 15) is 5.11 Å². The molecule has 2 aliphatic rings. The summed E-state index contributed by atoms with van der Waals surface area (Å²) < 4.78 is 0. The normalized spacial score (nSPS) is 41.8. The number of hydrogen-bond acceptors (Lipinski definition) is 1. The van der Waals surface area contributed by atoms with E-state index < -0.39 is 0 Å². The van der Waals surface area contributed by atoms with E-state index in [-0.39, 0.29) is 6.10 Å². The van der Waals surface area contributed by atoms with Crippen LogP contribution in [0, 0.1) is 5.92 Å². The van der Waals surface area contributed by atoms with Crippen molar-refractivity contribution in [3.63, 3.8) is 0 Å². The molecule has 0 aliphatic heterocycles. The van der Waals surface area contributed by atoms with Crippen molar-refractivity contribution in [2.24, 2.45) is 5.92 Å². The molecular weight excluding hydrogens is 216 g/mol. The lowest BCUT2D eigenvalue weighted by atomic mass is 9.76. The van der Waals surface area contributed by atoms with E-state index in [1.165, 1.54) is 31.3 Å². The summed E-state index contributed by atoms with van der Waals surface area (Å²) in [4.78, 5) is 0.331. The zero-order valence-electron chi connectivity index (χ0n) is 7.17. The maximum Gasteiger partial charge on any atom is 0.0730 e. The number of hydrogen-bond donors (Lipinski definition) is 1. The van der Waals surface area contributed by atoms with Crippen LogP contribution in [0.2, 0.25) is 0 Å². The molecule has 0 radical (unpaired) electrons. The smallest absolute Gasteiger partial charge is 0.0730 e. The summed E-state index contributed by atoms with van der Waals surface area (Å²) in [5.74, 6) is 0.469. The van der Waals surface area contributed by atoms with Gasteiger partial charge in [0.1, 0.15) is 0 Å². The van der Waals surface area contributed by atoms with Crippen LogP contribution in [0.4, 0.5) is 0 Å². The van der Waals surface area contributed by atoms with Gasteiger partial charge in [-0.3, -0.25) is 0 Å². The largest absolute Gasteiger partial charge is 0.391 e. The maximum atomic E-state index is 9.89. The highest BCUT2D eigenvalue weighted by Crippen LogP contribution is 2.39. The third-order valence-corrected chi connectivity index (χ3v) is 4.09. The van der Waals surface area contributed by atoms with Crippen molar-refractivity contribution in [1.82, 2.24) is 0 Å². The van der Waals surface area contributed by atoms with Gasteiger partial charge < -0.3 is 5.11 Å². The molecule has 2 rings (SSSR count). The molecule has 1 N–H and O–H groups in total. The van der Waals surface area contributed by atoms with Crippen molar-refractivity contribution >= 4 is 15.9 Å². The van der Waals surface area contributed by atoms with Crippen molar-refractivity contribution < 1.29 is 5.11 Å². The zero-order valence-corrected chi connectivity index (χ0v) is 8.76. The standard InChI is InChI=1S/C10H15BrO/c11-9-6-5-7-3-1-2-4-8(7)10(9)12/h3,8-10,12H,1-2,4-6H2/t8-,9?,10-/m0/s1. The molecule has 0 saturated heterocycles. The molecular formula is C10H15BrO. The molecule has 1 unspecified atom stereocenters. The first-order chi connectivity index (χ1) is 5.79. The molecule has 0 amide bonds. The first-order valence-corrected chi connectivity index (χ1v) is 5.71. The molecule has 3 atom stereocenters. The monoisotopic (exact) mass is 230 g/mol. The molecule has 0 bridgehead atoms. The summed E-state index contributed by atoms with van der Waals surface area (Å²) in [6, 6.07) is 0. The summed E-state index contributed by atoms with van der Waals surface area (Å²) in [5, 5.41) is 9.89. The predicted octanol–water partition coefficient (Wildman–Crippen LogP) is 2.63. The number of fused-ring (bicyclic) bond motifs is 1. The molecule has 1 nitrogen and oxygen atoms in total. The van der Waals surface area contributed by atoms with Crippen LogP contribution < -0.4 is 0 Å². The Hall–Kier alpha value is 0.180. The Morgan fingerprint density at radius 1 is 1.42 bits per heavy atom. The van der Waals surface area contributed by atoms with Gasteiger partial charge in [0, 0.05) is 10.7 Å². The van der Waals surface area contributed by atoms with Crippen LogP contribution in [-0.4, -0.2) is 16.0 Å². The minimum absolute atomic E-state index is 0.134. The highest BCUT2D eigenvalue weighted by molar-refractivity contribution is 9.09. The molecule has 0 heterocycles. The number of aliphatic hydroxyl groups excluding tert-OH is 1. The summed E-state index contributed by atoms with van der Waals surface area (Å²) in [7, 11) is 0. The molecule has 1 saturated carbocycles. The first-order valence-electron chi connectivity index (χ1n) is 4.80. The van der Waals surface area contributed by atoms with Gasteiger partial charge in [-0.2, -0.15) is 0 Å². The Morgan fingerprint density at radius 3 is 3.08 bits per heavy atom. The van der Waals surface area contributed by atoms with Gasteiger partial charge in [0.15, 0.2) is 0 Å². The van der Waals surface area contributed by atoms with Crippen LogP contribution in [0.25, 0.3) is 0 Å². The van der Waals surface area contributed by atoms with Crippen molar-refractivity contribution in [1.29, 1.82) is 0 Å². The predicted molar refractivity (Wildman–Crippen MR) is 53.4 cm³/mol. The SMILES string of the molecule is O[C@@H]1C(Br)CCC2=CCCC[C@@H]21. The van der Waals surface area contributed by atoms with Gasteiger partial charge in [0.05, 0.1) is 6.10 Å². The fourth-order valence-corrected chi connectivity index (χ4v) is 2.96. The molecule has 2 aliphatic carbocycles. The Kier molecular flexibility index (Phi) is 2.56. The molecule has 68 valence electrons. The zero-order chi connectivity index (χ0) is 8.55. The first kappa shape index (κ1) is 8.76. The van der Waals surface area contributed by atoms with Gasteiger partial charge in [-0.25, -0.2) is 0 Å². The second kappa shape index (κ2) is 3.51. The summed E-state index contributed by atoms with van der Waals surface area (Å²) in [5.41, 5.74) is 1.52. The van der Waals surface area contributed by atoms with E-state index >= 15 is 0 Å². The van der Waals surface area contributed by atoms with Crippen LogP contribution in [0.3, 0.4) is 0 Å². The molecule has 0 aromatic rings. The van der Waals surface area contributed by atoms with E-state index in [1.54, 1.807) is 0 Å². The second-order valence-corrected chi connectivity index (χ2v) is 5.04. The highest BCUT2D eigenvalue weighted by Gasteiger charge is 2.33. The van der Waals surface area contributed by atoms with Crippen LogP contribution in [-0.2, 0) is 0 Å². The summed E-state index contributed by atoms with van der Waals surface area (Å²) in [6.07, 6.45) is 8.17. The summed E-state index contributed by atoms with van der Waals surface area (Å²) >= 11 is 3.54. The number of alkyl halides is 1. The fraction of sp³-hybridized carbons (Fsp3) is 0.800. The van der Waals surface area contributed by atoms with Crippen molar-refractivity contribution in [3.8, 4) is 0 Å². The molecule has 0 aromatic heterocycles. The van der Waals surface area contributed by atoms with Crippen molar-refractivity contribution in [3.05, 3.63) is 11.6 Å². The summed E-state index contributed by atoms with van der Waals surface area (Å²) in [6.45, 7) is 0. The molecule has 12 heavy (non-hydrogen) atoms. The van der Waals surface area contributed by atoms with Crippen LogP contribution in [0.5, 0.6) is 0 Å². The van der Waals surface area contributed by atoms with Crippen molar-refractivity contribution in [2.45, 2.75) is 43.0 Å². The number of aliphatic hydroxyl groups is 1. The quantitative estimate of drug-likeness (QED) is 0.502. The van der Waals surface area contributed by atoms with Crippen LogP contribution in [0.15, 0.2) is 11.6 Å². The van der Waals surface area contributed by atoms with E-state index in [4.69, 9.17) is 0 Å². The number of allylic oxidation sites excluding steroid dienone is 1. The lowest BCUT2D eigenvalue weighted by molar-refractivity contribution is 0.0974. The highest BCUT2D eigenvalue weighted by atomic mass is 79.9. The lowest BCUT2D eigenvalue weighted by Gasteiger charge is -2.36. The Balaban J connectivity index is 2.15. The average molecular weight is 231 g/mol. The topological polar surface area (TPSA) is 20.2 Å². The van der Waals surface area contributed by atoms with E-state index in [0.29, 0.717) is 10.7 Å². The molecule has 0 spiro atoms. The Morgan fingerprint density at radius 2 is 2.25 bits per heavy atom. The molecule has 1 fully saturated rings. The third-order valence-electron chi connectivity index (χ3n) is 3.09. The lowest BCUT2D eigenvalue weighted by Crippen LogP contribution is -2.36. The average Bonchev–Trinajstić information content (AvgIpc) is 2.12. The number of rotatable bonds is 0. The van der Waals surface area contributed by atoms with Crippen LogP contribution >= 0.6 is 15.9 Å². The number of halogens is 1. The fourth-order valence-electron chi connectivity index (χ4n) is 2.37. The van der Waals surface area contributed by atoms with E-state index in [0.717, 1.165) is 6.42 Å². The van der Waals surface area contributed by atoms with Gasteiger partial charge in [0.25, 0.3) is 0 Å². The minimum atomic E-state index is -0.134. The second-order valence-electron chi connectivity index (χ2n) is 3.86. The van der Waals surface area contributed by atoms with Crippen molar-refractivity contribution in [2.75, 3.05) is 0 Å². The van der Waals surface area contributed by atoms with E-state index in [1.807, 2.05) is 0 Å². The Labute approximate surface area is 82.0 Å². The van der Waals surface area contributed by atoms with Gasteiger partial charge in [-0.1, -0.05) is 27.6 Å². The Bertz CT molecular complexity index is 200. The molecule has 0 aromatic carbocycles. The van der Waals surface area contributed by atoms with E-state index in [2.05, 4.69) is 22.0 Å². The molecule has 2 heteroatoms. The van der Waals surface area contributed by atoms with Gasteiger partial charge in [0.2, 0.25) is 0 Å². The minimum Gasteiger partial charge on any atom is -0.391 e. The van der Waals surface area contributed by atoms with Gasteiger partial charge in [-0.15, -0.1) is 0 Å². The van der Waals surface area contributed by atoms with Crippen LogP contribution in [0.1, 0.15) is 32.1 Å². The third kappa shape index (κ3) is 1.47. The van der Waals surface area contributed by atoms with Gasteiger partial charge >= 0.3 is 0 Å². The maximum absolute atomic E-state index is 9.89. The van der Waals surface area contributed by atoms with Gasteiger partial charge in [-0.05, 0) is 32.1 Å².